The molecule has 428 valence electrons. The second-order valence-corrected chi connectivity index (χ2v) is 23.7. The lowest BCUT2D eigenvalue weighted by Gasteiger charge is -2.27. The van der Waals surface area contributed by atoms with Gasteiger partial charge in [-0.3, -0.25) is 18.6 Å². The molecule has 3 atom stereocenters. The third-order valence-corrected chi connectivity index (χ3v) is 14.8. The van der Waals surface area contributed by atoms with Crippen molar-refractivity contribution in [1.82, 2.24) is 5.32 Å². The van der Waals surface area contributed by atoms with Crippen molar-refractivity contribution in [2.24, 2.45) is 0 Å². The smallest absolute Gasteiger partial charge is 0.456 e. The van der Waals surface area contributed by atoms with Crippen LogP contribution < -0.4 is 5.32 Å². The van der Waals surface area contributed by atoms with Crippen molar-refractivity contribution in [3.05, 3.63) is 48.6 Å². The number of hydrogen-bond acceptors (Lipinski definition) is 6. The van der Waals surface area contributed by atoms with E-state index in [1.807, 2.05) is 33.3 Å². The number of carbonyl (C=O) groups is 2. The maximum atomic E-state index is 13.5. The molecular weight excluding hydrogens is 928 g/mol. The summed E-state index contributed by atoms with van der Waals surface area (Å²) >= 11 is 0. The zero-order valence-corrected chi connectivity index (χ0v) is 49.8. The number of esters is 1. The number of likely N-dealkylation sites (N-methyl/N-ethyl adjacent to an activating group) is 1. The second kappa shape index (κ2) is 53.4. The highest BCUT2D eigenvalue weighted by Crippen LogP contribution is 2.43. The van der Waals surface area contributed by atoms with Gasteiger partial charge in [0.15, 0.2) is 0 Å². The Balaban J connectivity index is 5.25. The van der Waals surface area contributed by atoms with Crippen molar-refractivity contribution in [3.8, 4) is 0 Å². The van der Waals surface area contributed by atoms with Gasteiger partial charge in [-0.2, -0.15) is 0 Å². The van der Waals surface area contributed by atoms with Gasteiger partial charge in [0, 0.05) is 12.8 Å². The number of ether oxygens (including phenoxy) is 1. The summed E-state index contributed by atoms with van der Waals surface area (Å²) in [6.07, 6.45) is 65.2. The molecule has 0 radical (unpaired) electrons. The number of phosphoric ester groups is 1. The van der Waals surface area contributed by atoms with Crippen LogP contribution in [0.1, 0.15) is 290 Å². The normalized spacial score (nSPS) is 14.0. The third kappa shape index (κ3) is 54.6. The van der Waals surface area contributed by atoms with Crippen molar-refractivity contribution < 1.29 is 37.3 Å². The fourth-order valence-corrected chi connectivity index (χ4v) is 9.68. The average molecular weight is 1050 g/mol. The van der Waals surface area contributed by atoms with Crippen molar-refractivity contribution in [3.63, 3.8) is 0 Å². The summed E-state index contributed by atoms with van der Waals surface area (Å²) in [5.74, 6) is -0.504. The van der Waals surface area contributed by atoms with E-state index in [2.05, 4.69) is 62.5 Å². The summed E-state index contributed by atoms with van der Waals surface area (Å²) < 4.78 is 30.7. The minimum atomic E-state index is -4.45. The number of rotatable bonds is 56. The third-order valence-electron chi connectivity index (χ3n) is 13.8. The molecule has 0 rings (SSSR count). The highest BCUT2D eigenvalue weighted by molar-refractivity contribution is 7.47. The lowest BCUT2D eigenvalue weighted by molar-refractivity contribution is -0.870. The Morgan fingerprint density at radius 2 is 0.836 bits per heavy atom. The fraction of sp³-hybridized carbons (Fsp3) is 0.841. The molecule has 9 nitrogen and oxygen atoms in total. The summed E-state index contributed by atoms with van der Waals surface area (Å²) in [4.78, 5) is 37.7. The number of nitrogens with zero attached hydrogens (tertiary/aromatic N) is 1. The first-order valence-corrected chi connectivity index (χ1v) is 32.5. The molecule has 0 aromatic rings. The molecule has 3 unspecified atom stereocenters. The van der Waals surface area contributed by atoms with E-state index < -0.39 is 20.0 Å². The topological polar surface area (TPSA) is 111 Å². The molecule has 0 aromatic heterocycles. The molecule has 0 bridgehead atoms. The first kappa shape index (κ1) is 71.0. The Morgan fingerprint density at radius 3 is 1.27 bits per heavy atom. The lowest BCUT2D eigenvalue weighted by atomic mass is 10.0. The monoisotopic (exact) mass is 1050 g/mol. The molecule has 0 aliphatic heterocycles. The van der Waals surface area contributed by atoms with Gasteiger partial charge in [-0.15, -0.1) is 0 Å². The minimum Gasteiger partial charge on any atom is -0.456 e. The second-order valence-electron chi connectivity index (χ2n) is 22.2. The number of nitrogens with one attached hydrogen (secondary N) is 1. The Morgan fingerprint density at radius 1 is 0.479 bits per heavy atom. The zero-order valence-electron chi connectivity index (χ0n) is 48.9. The van der Waals surface area contributed by atoms with E-state index >= 15 is 0 Å². The quantitative estimate of drug-likeness (QED) is 0.0205. The van der Waals surface area contributed by atoms with Crippen LogP contribution in [-0.2, 0) is 27.9 Å². The highest BCUT2D eigenvalue weighted by Gasteiger charge is 2.30. The van der Waals surface area contributed by atoms with Crippen molar-refractivity contribution in [2.75, 3.05) is 40.9 Å². The van der Waals surface area contributed by atoms with Gasteiger partial charge in [0.1, 0.15) is 19.3 Å². The van der Waals surface area contributed by atoms with E-state index in [1.54, 1.807) is 0 Å². The minimum absolute atomic E-state index is 0.0401. The van der Waals surface area contributed by atoms with Gasteiger partial charge in [-0.25, -0.2) is 4.57 Å². The zero-order chi connectivity index (χ0) is 53.6. The first-order chi connectivity index (χ1) is 35.4. The van der Waals surface area contributed by atoms with Crippen molar-refractivity contribution >= 4 is 19.7 Å². The van der Waals surface area contributed by atoms with Gasteiger partial charge in [0.05, 0.1) is 33.8 Å². The number of unbranched alkanes of at least 4 members (excludes halogenated alkanes) is 34. The molecule has 73 heavy (non-hydrogen) atoms. The maximum absolute atomic E-state index is 13.5. The summed E-state index contributed by atoms with van der Waals surface area (Å²) in [5.41, 5.74) is 0. The largest absolute Gasteiger partial charge is 0.472 e. The molecular formula is C63H120N2O7P+. The number of carbonyl (C=O) groups excluding carboxylic acids is 2. The van der Waals surface area contributed by atoms with Gasteiger partial charge in [-0.05, 0) is 70.3 Å². The average Bonchev–Trinajstić information content (AvgIpc) is 3.35. The molecule has 1 amide bonds. The van der Waals surface area contributed by atoms with Crippen LogP contribution in [0.25, 0.3) is 0 Å². The van der Waals surface area contributed by atoms with E-state index in [1.165, 1.54) is 173 Å². The summed E-state index contributed by atoms with van der Waals surface area (Å²) in [6.45, 7) is 7.00. The van der Waals surface area contributed by atoms with Crippen LogP contribution in [0.2, 0.25) is 0 Å². The molecule has 0 aromatic carbocycles. The van der Waals surface area contributed by atoms with Gasteiger partial charge in [0.2, 0.25) is 5.91 Å². The molecule has 2 N–H and O–H groups in total. The molecule has 0 aliphatic rings. The molecule has 10 heteroatoms. The predicted molar refractivity (Wildman–Crippen MR) is 314 cm³/mol. The van der Waals surface area contributed by atoms with Crippen molar-refractivity contribution in [1.29, 1.82) is 0 Å². The summed E-state index contributed by atoms with van der Waals surface area (Å²) in [5, 5.41) is 3.06. The molecule has 0 fully saturated rings. The number of amides is 1. The van der Waals surface area contributed by atoms with E-state index in [0.29, 0.717) is 17.4 Å². The van der Waals surface area contributed by atoms with E-state index in [9.17, 15) is 19.0 Å². The van der Waals surface area contributed by atoms with Gasteiger partial charge >= 0.3 is 13.8 Å². The summed E-state index contributed by atoms with van der Waals surface area (Å²) in [6, 6.07) is -0.848. The van der Waals surface area contributed by atoms with Gasteiger partial charge < -0.3 is 19.4 Å². The van der Waals surface area contributed by atoms with Crippen LogP contribution in [0.15, 0.2) is 48.6 Å². The lowest BCUT2D eigenvalue weighted by Crippen LogP contribution is -2.47. The first-order valence-electron chi connectivity index (χ1n) is 31.0. The predicted octanol–water partition coefficient (Wildman–Crippen LogP) is 18.9. The number of hydrogen-bond donors (Lipinski definition) is 2. The Hall–Kier alpha value is -2.03. The maximum Gasteiger partial charge on any atom is 0.472 e. The number of allylic oxidation sites excluding steroid dienone is 7. The fourth-order valence-electron chi connectivity index (χ4n) is 8.95. The Labute approximate surface area is 452 Å². The molecule has 0 saturated heterocycles. The standard InChI is InChI=1S/C63H119N2O7P/c1-7-10-13-16-19-22-25-28-29-30-31-32-33-34-35-38-41-44-47-50-53-56-63(67)72-61(54-51-48-45-42-39-36-26-23-20-17-14-11-8-2)60(59-71-73(68,69)70-58-57-65(4,5)6)64-62(66)55-52-49-46-43-40-37-27-24-21-18-15-12-9-3/h19,22,28-29,31-32,51,54,60-61H,7-18,20-21,23-27,30,33-50,52-53,55-59H2,1-6H3,(H-,64,66,68,69)/p+1/b22-19-,29-28-,32-31-,54-51+. The van der Waals surface area contributed by atoms with Crippen LogP contribution in [0.4, 0.5) is 0 Å². The van der Waals surface area contributed by atoms with Crippen LogP contribution >= 0.6 is 7.82 Å². The number of quaternary nitrogens is 1. The SMILES string of the molecule is CCCCC/C=C\C/C=C\C/C=C\CCCCCCCCCCC(=O)OC(/C=C/CCCCCCCCCCCCC)C(COP(=O)(O)OCC[N+](C)(C)C)NC(=O)CCCCCCCCCCCCCCC. The van der Waals surface area contributed by atoms with Crippen LogP contribution in [-0.4, -0.2) is 74.3 Å². The molecule has 0 saturated carbocycles. The van der Waals surface area contributed by atoms with E-state index in [0.717, 1.165) is 83.5 Å². The molecule has 0 spiro atoms. The molecule has 0 heterocycles. The molecule has 0 aliphatic carbocycles. The van der Waals surface area contributed by atoms with Crippen LogP contribution in [0, 0.1) is 0 Å². The van der Waals surface area contributed by atoms with Gasteiger partial charge in [-0.1, -0.05) is 256 Å². The summed E-state index contributed by atoms with van der Waals surface area (Å²) in [7, 11) is 1.50. The van der Waals surface area contributed by atoms with E-state index in [4.69, 9.17) is 13.8 Å². The number of phosphoric acid groups is 1. The van der Waals surface area contributed by atoms with E-state index in [-0.39, 0.29) is 31.5 Å². The van der Waals surface area contributed by atoms with Crippen LogP contribution in [0.3, 0.4) is 0 Å². The Bertz CT molecular complexity index is 1390. The Kier molecular flexibility index (Phi) is 51.9. The highest BCUT2D eigenvalue weighted by atomic mass is 31.2. The van der Waals surface area contributed by atoms with Crippen LogP contribution in [0.5, 0.6) is 0 Å². The van der Waals surface area contributed by atoms with Crippen molar-refractivity contribution in [2.45, 2.75) is 303 Å². The van der Waals surface area contributed by atoms with Gasteiger partial charge in [0.25, 0.3) is 0 Å².